The molecule has 1 aliphatic heterocycles. The molecule has 2 N–H and O–H groups in total. The quantitative estimate of drug-likeness (QED) is 0.503. The van der Waals surface area contributed by atoms with Gasteiger partial charge in [-0.25, -0.2) is 0 Å². The molecular formula is C6H13NO. The molecule has 8 heavy (non-hydrogen) atoms. The van der Waals surface area contributed by atoms with E-state index in [2.05, 4.69) is 5.32 Å². The maximum Gasteiger partial charge on any atom is 0.0917 e. The molecule has 2 nitrogen and oxygen atoms in total. The fourth-order valence-corrected chi connectivity index (χ4v) is 0.789. The molecule has 0 aliphatic carbocycles. The summed E-state index contributed by atoms with van der Waals surface area (Å²) < 4.78 is 0. The lowest BCUT2D eigenvalue weighted by Gasteiger charge is -2.41. The molecule has 0 aromatic rings. The Morgan fingerprint density at radius 1 is 1.50 bits per heavy atom. The number of rotatable bonds is 1. The molecule has 48 valence electrons. The van der Waals surface area contributed by atoms with Crippen molar-refractivity contribution in [2.24, 2.45) is 5.92 Å². The third-order valence-electron chi connectivity index (χ3n) is 1.94. The van der Waals surface area contributed by atoms with Crippen molar-refractivity contribution in [3.05, 3.63) is 0 Å². The predicted octanol–water partition coefficient (Wildman–Crippen LogP) is -0.0233. The van der Waals surface area contributed by atoms with Crippen LogP contribution in [0.25, 0.3) is 0 Å². The van der Waals surface area contributed by atoms with Gasteiger partial charge in [0.05, 0.1) is 5.60 Å². The summed E-state index contributed by atoms with van der Waals surface area (Å²) >= 11 is 0. The Kier molecular flexibility index (Phi) is 1.29. The summed E-state index contributed by atoms with van der Waals surface area (Å²) in [5.41, 5.74) is -0.389. The van der Waals surface area contributed by atoms with Crippen LogP contribution in [0.3, 0.4) is 0 Å². The van der Waals surface area contributed by atoms with Crippen molar-refractivity contribution in [1.29, 1.82) is 0 Å². The van der Waals surface area contributed by atoms with Gasteiger partial charge < -0.3 is 10.4 Å². The van der Waals surface area contributed by atoms with E-state index >= 15 is 0 Å². The predicted molar refractivity (Wildman–Crippen MR) is 32.7 cm³/mol. The zero-order valence-corrected chi connectivity index (χ0v) is 5.44. The lowest BCUT2D eigenvalue weighted by atomic mass is 9.85. The molecule has 0 atom stereocenters. The van der Waals surface area contributed by atoms with Crippen molar-refractivity contribution in [3.63, 3.8) is 0 Å². The van der Waals surface area contributed by atoms with Crippen molar-refractivity contribution in [2.75, 3.05) is 13.1 Å². The maximum absolute atomic E-state index is 9.42. The molecule has 1 heterocycles. The van der Waals surface area contributed by atoms with Gasteiger partial charge in [0.1, 0.15) is 0 Å². The van der Waals surface area contributed by atoms with Gasteiger partial charge in [0.25, 0.3) is 0 Å². The van der Waals surface area contributed by atoms with E-state index in [1.807, 2.05) is 13.8 Å². The fourth-order valence-electron chi connectivity index (χ4n) is 0.789. The number of hydrogen-bond donors (Lipinski definition) is 2. The zero-order chi connectivity index (χ0) is 6.20. The second-order valence-corrected chi connectivity index (χ2v) is 2.86. The van der Waals surface area contributed by atoms with Crippen LogP contribution in [-0.2, 0) is 0 Å². The molecule has 0 aromatic heterocycles. The van der Waals surface area contributed by atoms with E-state index in [-0.39, 0.29) is 5.60 Å². The van der Waals surface area contributed by atoms with E-state index in [0.29, 0.717) is 5.92 Å². The Labute approximate surface area is 49.9 Å². The molecule has 0 spiro atoms. The van der Waals surface area contributed by atoms with Crippen LogP contribution in [0.1, 0.15) is 13.8 Å². The van der Waals surface area contributed by atoms with Gasteiger partial charge in [-0.1, -0.05) is 13.8 Å². The van der Waals surface area contributed by atoms with Gasteiger partial charge in [0, 0.05) is 13.1 Å². The summed E-state index contributed by atoms with van der Waals surface area (Å²) in [5, 5.41) is 12.5. The van der Waals surface area contributed by atoms with E-state index in [1.54, 1.807) is 0 Å². The van der Waals surface area contributed by atoms with E-state index in [0.717, 1.165) is 13.1 Å². The SMILES string of the molecule is CC(C)C1(O)CNC1. The van der Waals surface area contributed by atoms with Gasteiger partial charge in [-0.3, -0.25) is 0 Å². The van der Waals surface area contributed by atoms with Crippen molar-refractivity contribution >= 4 is 0 Å². The van der Waals surface area contributed by atoms with Gasteiger partial charge >= 0.3 is 0 Å². The summed E-state index contributed by atoms with van der Waals surface area (Å²) in [7, 11) is 0. The standard InChI is InChI=1S/C6H13NO/c1-5(2)6(8)3-7-4-6/h5,7-8H,3-4H2,1-2H3. The molecule has 1 saturated heterocycles. The highest BCUT2D eigenvalue weighted by Gasteiger charge is 2.36. The summed E-state index contributed by atoms with van der Waals surface area (Å²) in [6.45, 7) is 5.62. The minimum atomic E-state index is -0.389. The first-order valence-electron chi connectivity index (χ1n) is 3.08. The minimum absolute atomic E-state index is 0.389. The van der Waals surface area contributed by atoms with Gasteiger partial charge in [-0.2, -0.15) is 0 Å². The molecule has 0 amide bonds. The second-order valence-electron chi connectivity index (χ2n) is 2.86. The molecular weight excluding hydrogens is 102 g/mol. The topological polar surface area (TPSA) is 32.3 Å². The van der Waals surface area contributed by atoms with Crippen LogP contribution >= 0.6 is 0 Å². The van der Waals surface area contributed by atoms with Gasteiger partial charge in [-0.15, -0.1) is 0 Å². The Morgan fingerprint density at radius 2 is 2.00 bits per heavy atom. The smallest absolute Gasteiger partial charge is 0.0917 e. The monoisotopic (exact) mass is 115 g/mol. The number of β-amino-alcohol motifs (C(OH)–C–C–N with tert-alkyl or cyclic N) is 1. The van der Waals surface area contributed by atoms with E-state index in [4.69, 9.17) is 0 Å². The molecule has 1 rings (SSSR count). The normalized spacial score (nSPS) is 25.5. The summed E-state index contributed by atoms with van der Waals surface area (Å²) in [4.78, 5) is 0. The van der Waals surface area contributed by atoms with Crippen LogP contribution in [0, 0.1) is 5.92 Å². The first-order chi connectivity index (χ1) is 3.65. The lowest BCUT2D eigenvalue weighted by Crippen LogP contribution is -2.62. The highest BCUT2D eigenvalue weighted by atomic mass is 16.3. The Bertz CT molecular complexity index is 86.5. The van der Waals surface area contributed by atoms with Crippen LogP contribution in [0.15, 0.2) is 0 Å². The average molecular weight is 115 g/mol. The van der Waals surface area contributed by atoms with Crippen molar-refractivity contribution in [2.45, 2.75) is 19.4 Å². The lowest BCUT2D eigenvalue weighted by molar-refractivity contribution is -0.0495. The van der Waals surface area contributed by atoms with Crippen LogP contribution < -0.4 is 5.32 Å². The minimum Gasteiger partial charge on any atom is -0.387 e. The van der Waals surface area contributed by atoms with E-state index < -0.39 is 0 Å². The highest BCUT2D eigenvalue weighted by molar-refractivity contribution is 4.94. The summed E-state index contributed by atoms with van der Waals surface area (Å²) in [6.07, 6.45) is 0. The summed E-state index contributed by atoms with van der Waals surface area (Å²) in [6, 6.07) is 0. The summed E-state index contributed by atoms with van der Waals surface area (Å²) in [5.74, 6) is 0.392. The molecule has 1 fully saturated rings. The molecule has 0 aromatic carbocycles. The fraction of sp³-hybridized carbons (Fsp3) is 1.00. The largest absolute Gasteiger partial charge is 0.387 e. The van der Waals surface area contributed by atoms with E-state index in [9.17, 15) is 5.11 Å². The molecule has 2 heteroatoms. The van der Waals surface area contributed by atoms with Crippen LogP contribution in [0.5, 0.6) is 0 Å². The van der Waals surface area contributed by atoms with Crippen LogP contribution in [0.4, 0.5) is 0 Å². The van der Waals surface area contributed by atoms with Crippen LogP contribution in [0.2, 0.25) is 0 Å². The van der Waals surface area contributed by atoms with Crippen molar-refractivity contribution in [1.82, 2.24) is 5.32 Å². The van der Waals surface area contributed by atoms with Gasteiger partial charge in [-0.05, 0) is 5.92 Å². The first-order valence-corrected chi connectivity index (χ1v) is 3.08. The highest BCUT2D eigenvalue weighted by Crippen LogP contribution is 2.20. The Morgan fingerprint density at radius 3 is 2.00 bits per heavy atom. The molecule has 0 bridgehead atoms. The molecule has 0 radical (unpaired) electrons. The Balaban J connectivity index is 2.41. The van der Waals surface area contributed by atoms with Crippen molar-refractivity contribution in [3.8, 4) is 0 Å². The number of aliphatic hydroxyl groups is 1. The molecule has 0 saturated carbocycles. The second kappa shape index (κ2) is 1.71. The Hall–Kier alpha value is -0.0800. The number of nitrogens with one attached hydrogen (secondary N) is 1. The molecule has 1 aliphatic rings. The van der Waals surface area contributed by atoms with Gasteiger partial charge in [0.15, 0.2) is 0 Å². The van der Waals surface area contributed by atoms with Crippen LogP contribution in [-0.4, -0.2) is 23.8 Å². The molecule has 0 unspecified atom stereocenters. The zero-order valence-electron chi connectivity index (χ0n) is 5.44. The third-order valence-corrected chi connectivity index (χ3v) is 1.94. The first kappa shape index (κ1) is 6.05. The maximum atomic E-state index is 9.42. The van der Waals surface area contributed by atoms with E-state index in [1.165, 1.54) is 0 Å². The average Bonchev–Trinajstić information content (AvgIpc) is 1.60. The third kappa shape index (κ3) is 0.740. The van der Waals surface area contributed by atoms with Crippen molar-refractivity contribution < 1.29 is 5.11 Å². The van der Waals surface area contributed by atoms with Gasteiger partial charge in [0.2, 0.25) is 0 Å². The number of hydrogen-bond acceptors (Lipinski definition) is 2.